The molecule has 3 N–H and O–H groups in total. The first-order valence-corrected chi connectivity index (χ1v) is 8.41. The highest BCUT2D eigenvalue weighted by molar-refractivity contribution is 6.05. The molecule has 0 aliphatic heterocycles. The average molecular weight is 398 g/mol. The van der Waals surface area contributed by atoms with Crippen molar-refractivity contribution in [2.24, 2.45) is 0 Å². The van der Waals surface area contributed by atoms with Gasteiger partial charge in [0.15, 0.2) is 5.82 Å². The van der Waals surface area contributed by atoms with Crippen molar-refractivity contribution < 1.29 is 18.0 Å². The Morgan fingerprint density at radius 1 is 0.966 bits per heavy atom. The van der Waals surface area contributed by atoms with Gasteiger partial charge in [0.2, 0.25) is 0 Å². The first kappa shape index (κ1) is 18.4. The Bertz CT molecular complexity index is 1160. The molecule has 0 aliphatic carbocycles. The Hall–Kier alpha value is -3.95. The van der Waals surface area contributed by atoms with E-state index in [-0.39, 0.29) is 5.69 Å². The van der Waals surface area contributed by atoms with Gasteiger partial charge in [0.1, 0.15) is 11.3 Å². The van der Waals surface area contributed by atoms with Gasteiger partial charge in [-0.3, -0.25) is 0 Å². The number of amides is 2. The van der Waals surface area contributed by atoms with Crippen LogP contribution < -0.4 is 10.6 Å². The van der Waals surface area contributed by atoms with Gasteiger partial charge in [-0.2, -0.15) is 13.2 Å². The van der Waals surface area contributed by atoms with Crippen LogP contribution in [-0.2, 0) is 6.18 Å². The van der Waals surface area contributed by atoms with Gasteiger partial charge >= 0.3 is 12.2 Å². The van der Waals surface area contributed by atoms with Gasteiger partial charge in [-0.1, -0.05) is 0 Å². The predicted molar refractivity (Wildman–Crippen MR) is 101 cm³/mol. The Kier molecular flexibility index (Phi) is 4.59. The third-order valence-electron chi connectivity index (χ3n) is 4.05. The number of hydrogen-bond donors (Lipinski definition) is 3. The van der Waals surface area contributed by atoms with Gasteiger partial charge in [-0.25, -0.2) is 19.7 Å². The molecule has 0 fully saturated rings. The Morgan fingerprint density at radius 2 is 1.69 bits per heavy atom. The van der Waals surface area contributed by atoms with Gasteiger partial charge in [-0.15, -0.1) is 0 Å². The lowest BCUT2D eigenvalue weighted by molar-refractivity contribution is -0.137. The fraction of sp³-hybridized carbons (Fsp3) is 0.0526. The molecule has 4 aromatic rings. The molecule has 0 bridgehead atoms. The normalized spacial score (nSPS) is 11.4. The lowest BCUT2D eigenvalue weighted by atomic mass is 10.2. The zero-order valence-corrected chi connectivity index (χ0v) is 14.7. The number of hydrogen-bond acceptors (Lipinski definition) is 4. The third kappa shape index (κ3) is 4.00. The summed E-state index contributed by atoms with van der Waals surface area (Å²) in [4.78, 5) is 27.9. The van der Waals surface area contributed by atoms with Crippen LogP contribution in [0.1, 0.15) is 5.56 Å². The zero-order chi connectivity index (χ0) is 20.4. The smallest absolute Gasteiger partial charge is 0.344 e. The summed E-state index contributed by atoms with van der Waals surface area (Å²) in [5, 5.41) is 5.79. The maximum atomic E-state index is 12.6. The van der Waals surface area contributed by atoms with Crippen LogP contribution in [-0.4, -0.2) is 26.0 Å². The SMILES string of the molecule is O=C(Nc1ccc(C(F)(F)F)cc1)Nc1c[nH]c2nc(-c3ncccn3)ccc12. The molecule has 0 unspecified atom stereocenters. The number of anilines is 2. The van der Waals surface area contributed by atoms with Crippen LogP contribution >= 0.6 is 0 Å². The average Bonchev–Trinajstić information content (AvgIpc) is 3.10. The molecule has 0 atom stereocenters. The zero-order valence-electron chi connectivity index (χ0n) is 14.7. The molecule has 10 heteroatoms. The van der Waals surface area contributed by atoms with Crippen LogP contribution in [0, 0.1) is 0 Å². The van der Waals surface area contributed by atoms with E-state index in [4.69, 9.17) is 0 Å². The van der Waals surface area contributed by atoms with Crippen LogP contribution in [0.3, 0.4) is 0 Å². The number of nitrogens with zero attached hydrogens (tertiary/aromatic N) is 3. The number of halogens is 3. The number of H-pyrrole nitrogens is 1. The van der Waals surface area contributed by atoms with E-state index in [1.165, 1.54) is 12.1 Å². The quantitative estimate of drug-likeness (QED) is 0.467. The summed E-state index contributed by atoms with van der Waals surface area (Å²) in [5.41, 5.74) is 1.01. The maximum Gasteiger partial charge on any atom is 0.416 e. The standard InChI is InChI=1S/C19H13F3N6O/c20-19(21,22)11-2-4-12(5-3-11)26-18(29)28-15-10-25-16-13(15)6-7-14(27-16)17-23-8-1-9-24-17/h1-10H,(H,25,27)(H2,26,28,29). The molecule has 4 rings (SSSR count). The van der Waals surface area contributed by atoms with E-state index in [1.54, 1.807) is 36.8 Å². The maximum absolute atomic E-state index is 12.6. The summed E-state index contributed by atoms with van der Waals surface area (Å²) >= 11 is 0. The second-order valence-electron chi connectivity index (χ2n) is 6.02. The van der Waals surface area contributed by atoms with E-state index in [2.05, 4.69) is 30.6 Å². The third-order valence-corrected chi connectivity index (χ3v) is 4.05. The highest BCUT2D eigenvalue weighted by atomic mass is 19.4. The molecular formula is C19H13F3N6O. The number of alkyl halides is 3. The van der Waals surface area contributed by atoms with Crippen molar-refractivity contribution in [3.8, 4) is 11.5 Å². The monoisotopic (exact) mass is 398 g/mol. The topological polar surface area (TPSA) is 95.6 Å². The number of benzene rings is 1. The molecule has 0 spiro atoms. The molecule has 7 nitrogen and oxygen atoms in total. The van der Waals surface area contributed by atoms with Crippen molar-refractivity contribution in [3.63, 3.8) is 0 Å². The molecule has 0 saturated carbocycles. The van der Waals surface area contributed by atoms with Crippen LogP contribution in [0.4, 0.5) is 29.3 Å². The van der Waals surface area contributed by atoms with Gasteiger partial charge in [0.25, 0.3) is 0 Å². The van der Waals surface area contributed by atoms with Crippen molar-refractivity contribution >= 4 is 28.4 Å². The number of carbonyl (C=O) groups is 1. The van der Waals surface area contributed by atoms with Gasteiger partial charge < -0.3 is 15.6 Å². The number of nitrogens with one attached hydrogen (secondary N) is 3. The highest BCUT2D eigenvalue weighted by Gasteiger charge is 2.30. The molecule has 146 valence electrons. The van der Waals surface area contributed by atoms with Gasteiger partial charge in [0, 0.05) is 29.7 Å². The molecule has 0 aliphatic rings. The number of aromatic amines is 1. The summed E-state index contributed by atoms with van der Waals surface area (Å²) in [7, 11) is 0. The van der Waals surface area contributed by atoms with E-state index in [1.807, 2.05) is 0 Å². The number of rotatable bonds is 3. The van der Waals surface area contributed by atoms with E-state index in [9.17, 15) is 18.0 Å². The van der Waals surface area contributed by atoms with Crippen molar-refractivity contribution in [2.75, 3.05) is 10.6 Å². The minimum Gasteiger partial charge on any atom is -0.344 e. The highest BCUT2D eigenvalue weighted by Crippen LogP contribution is 2.30. The first-order valence-electron chi connectivity index (χ1n) is 8.41. The second-order valence-corrected chi connectivity index (χ2v) is 6.02. The second kappa shape index (κ2) is 7.23. The number of carbonyl (C=O) groups excluding carboxylic acids is 1. The summed E-state index contributed by atoms with van der Waals surface area (Å²) in [5.74, 6) is 0.471. The van der Waals surface area contributed by atoms with E-state index >= 15 is 0 Å². The lowest BCUT2D eigenvalue weighted by Crippen LogP contribution is -2.19. The van der Waals surface area contributed by atoms with Crippen molar-refractivity contribution in [1.29, 1.82) is 0 Å². The fourth-order valence-electron chi connectivity index (χ4n) is 2.69. The van der Waals surface area contributed by atoms with Crippen molar-refractivity contribution in [1.82, 2.24) is 19.9 Å². The lowest BCUT2D eigenvalue weighted by Gasteiger charge is -2.09. The van der Waals surface area contributed by atoms with Crippen LogP contribution in [0.2, 0.25) is 0 Å². The van der Waals surface area contributed by atoms with E-state index in [0.29, 0.717) is 28.2 Å². The summed E-state index contributed by atoms with van der Waals surface area (Å²) in [6, 6.07) is 8.77. The molecule has 2 amide bonds. The summed E-state index contributed by atoms with van der Waals surface area (Å²) in [6.45, 7) is 0. The first-order chi connectivity index (χ1) is 13.9. The number of pyridine rings is 1. The molecule has 1 aromatic carbocycles. The van der Waals surface area contributed by atoms with E-state index in [0.717, 1.165) is 12.1 Å². The van der Waals surface area contributed by atoms with Crippen LogP contribution in [0.15, 0.2) is 61.1 Å². The molecule has 29 heavy (non-hydrogen) atoms. The number of fused-ring (bicyclic) bond motifs is 1. The Morgan fingerprint density at radius 3 is 2.38 bits per heavy atom. The minimum absolute atomic E-state index is 0.233. The number of urea groups is 1. The molecular weight excluding hydrogens is 385 g/mol. The fourth-order valence-corrected chi connectivity index (χ4v) is 2.69. The largest absolute Gasteiger partial charge is 0.416 e. The molecule has 3 aromatic heterocycles. The van der Waals surface area contributed by atoms with Crippen molar-refractivity contribution in [2.45, 2.75) is 6.18 Å². The molecule has 3 heterocycles. The van der Waals surface area contributed by atoms with Gasteiger partial charge in [-0.05, 0) is 42.5 Å². The summed E-state index contributed by atoms with van der Waals surface area (Å²) < 4.78 is 37.8. The Labute approximate surface area is 162 Å². The van der Waals surface area contributed by atoms with Gasteiger partial charge in [0.05, 0.1) is 11.3 Å². The van der Waals surface area contributed by atoms with Crippen LogP contribution in [0.5, 0.6) is 0 Å². The summed E-state index contributed by atoms with van der Waals surface area (Å²) in [6.07, 6.45) is 0.365. The van der Waals surface area contributed by atoms with E-state index < -0.39 is 17.8 Å². The minimum atomic E-state index is -4.43. The van der Waals surface area contributed by atoms with Crippen molar-refractivity contribution in [3.05, 3.63) is 66.6 Å². The molecule has 0 saturated heterocycles. The predicted octanol–water partition coefficient (Wildman–Crippen LogP) is 4.68. The molecule has 0 radical (unpaired) electrons. The van der Waals surface area contributed by atoms with Crippen LogP contribution in [0.25, 0.3) is 22.6 Å². The number of aromatic nitrogens is 4. The Balaban J connectivity index is 1.48.